The highest BCUT2D eigenvalue weighted by Crippen LogP contribution is 2.32. The van der Waals surface area contributed by atoms with E-state index in [4.69, 9.17) is 0 Å². The molecule has 1 saturated heterocycles. The Morgan fingerprint density at radius 3 is 2.19 bits per heavy atom. The summed E-state index contributed by atoms with van der Waals surface area (Å²) in [5.74, 6) is -1.18. The summed E-state index contributed by atoms with van der Waals surface area (Å²) in [6.07, 6.45) is -3.86. The molecule has 0 aliphatic carbocycles. The first kappa shape index (κ1) is 13.8. The number of hydrogen-bond acceptors (Lipinski definition) is 2. The van der Waals surface area contributed by atoms with Gasteiger partial charge in [0.25, 0.3) is 0 Å². The number of nitrogens with zero attached hydrogens (tertiary/aromatic N) is 1. The van der Waals surface area contributed by atoms with E-state index in [9.17, 15) is 13.2 Å². The summed E-state index contributed by atoms with van der Waals surface area (Å²) >= 11 is 0. The van der Waals surface area contributed by atoms with Gasteiger partial charge < -0.3 is 5.32 Å². The summed E-state index contributed by atoms with van der Waals surface area (Å²) in [6.45, 7) is 6.90. The zero-order valence-corrected chi connectivity index (χ0v) is 10.4. The van der Waals surface area contributed by atoms with Crippen LogP contribution >= 0.6 is 0 Å². The van der Waals surface area contributed by atoms with Crippen molar-refractivity contribution in [1.29, 1.82) is 0 Å². The smallest absolute Gasteiger partial charge is 0.312 e. The fourth-order valence-corrected chi connectivity index (χ4v) is 1.81. The zero-order valence-electron chi connectivity index (χ0n) is 10.4. The molecule has 2 unspecified atom stereocenters. The lowest BCUT2D eigenvalue weighted by Crippen LogP contribution is -2.45. The minimum atomic E-state index is -4.05. The quantitative estimate of drug-likeness (QED) is 0.794. The molecule has 2 atom stereocenters. The van der Waals surface area contributed by atoms with Crippen molar-refractivity contribution < 1.29 is 13.2 Å². The van der Waals surface area contributed by atoms with Gasteiger partial charge in [-0.2, -0.15) is 13.2 Å². The SMILES string of the molecule is CN(CC1CC(C(F)(F)F)CN1)C(C)(C)C. The van der Waals surface area contributed by atoms with E-state index in [1.54, 1.807) is 0 Å². The Morgan fingerprint density at radius 2 is 1.81 bits per heavy atom. The molecule has 0 amide bonds. The van der Waals surface area contributed by atoms with Crippen LogP contribution in [-0.2, 0) is 0 Å². The number of halogens is 3. The molecule has 0 aromatic heterocycles. The van der Waals surface area contributed by atoms with Gasteiger partial charge in [-0.05, 0) is 34.2 Å². The summed E-state index contributed by atoms with van der Waals surface area (Å²) in [6, 6.07) is -0.0455. The number of alkyl halides is 3. The normalized spacial score (nSPS) is 27.8. The van der Waals surface area contributed by atoms with Gasteiger partial charge in [-0.25, -0.2) is 0 Å². The van der Waals surface area contributed by atoms with Crippen LogP contribution in [0.3, 0.4) is 0 Å². The third-order valence-corrected chi connectivity index (χ3v) is 3.32. The summed E-state index contributed by atoms with van der Waals surface area (Å²) in [7, 11) is 1.95. The molecule has 1 fully saturated rings. The highest BCUT2D eigenvalue weighted by molar-refractivity contribution is 4.88. The first-order valence-corrected chi connectivity index (χ1v) is 5.62. The van der Waals surface area contributed by atoms with Crippen LogP contribution in [0.15, 0.2) is 0 Å². The molecule has 0 spiro atoms. The van der Waals surface area contributed by atoms with Gasteiger partial charge in [0.1, 0.15) is 0 Å². The minimum absolute atomic E-state index is 0.00198. The Hall–Kier alpha value is -0.290. The van der Waals surface area contributed by atoms with Gasteiger partial charge in [0.2, 0.25) is 0 Å². The largest absolute Gasteiger partial charge is 0.393 e. The standard InChI is InChI=1S/C11H21F3N2/c1-10(2,3)16(4)7-9-5-8(6-15-9)11(12,13)14/h8-9,15H,5-7H2,1-4H3. The average Bonchev–Trinajstić information content (AvgIpc) is 2.49. The highest BCUT2D eigenvalue weighted by Gasteiger charge is 2.44. The molecule has 1 rings (SSSR count). The topological polar surface area (TPSA) is 15.3 Å². The van der Waals surface area contributed by atoms with Gasteiger partial charge in [-0.15, -0.1) is 0 Å². The van der Waals surface area contributed by atoms with Crippen LogP contribution in [0.25, 0.3) is 0 Å². The third kappa shape index (κ3) is 3.63. The van der Waals surface area contributed by atoms with E-state index in [-0.39, 0.29) is 24.5 Å². The summed E-state index contributed by atoms with van der Waals surface area (Å²) in [5, 5.41) is 2.95. The van der Waals surface area contributed by atoms with Crippen molar-refractivity contribution in [2.24, 2.45) is 5.92 Å². The van der Waals surface area contributed by atoms with Crippen molar-refractivity contribution in [2.75, 3.05) is 20.1 Å². The molecular weight excluding hydrogens is 217 g/mol. The van der Waals surface area contributed by atoms with E-state index >= 15 is 0 Å². The molecule has 1 aliphatic heterocycles. The van der Waals surface area contributed by atoms with E-state index in [0.29, 0.717) is 6.54 Å². The van der Waals surface area contributed by atoms with Crippen molar-refractivity contribution in [3.05, 3.63) is 0 Å². The second kappa shape index (κ2) is 4.53. The Bertz CT molecular complexity index is 232. The van der Waals surface area contributed by atoms with E-state index in [2.05, 4.69) is 31.0 Å². The predicted octanol–water partition coefficient (Wildman–Crippen LogP) is 2.26. The van der Waals surface area contributed by atoms with E-state index in [1.807, 2.05) is 7.05 Å². The summed E-state index contributed by atoms with van der Waals surface area (Å²) < 4.78 is 37.4. The van der Waals surface area contributed by atoms with Crippen molar-refractivity contribution in [2.45, 2.75) is 44.9 Å². The molecule has 1 heterocycles. The fraction of sp³-hybridized carbons (Fsp3) is 1.00. The summed E-state index contributed by atoms with van der Waals surface area (Å²) in [4.78, 5) is 2.09. The third-order valence-electron chi connectivity index (χ3n) is 3.32. The van der Waals surface area contributed by atoms with Crippen LogP contribution in [0, 0.1) is 5.92 Å². The fourth-order valence-electron chi connectivity index (χ4n) is 1.81. The molecule has 0 aromatic carbocycles. The number of hydrogen-bond donors (Lipinski definition) is 1. The van der Waals surface area contributed by atoms with E-state index in [1.165, 1.54) is 0 Å². The maximum absolute atomic E-state index is 12.5. The molecule has 5 heteroatoms. The molecule has 0 aromatic rings. The number of nitrogens with one attached hydrogen (secondary N) is 1. The lowest BCUT2D eigenvalue weighted by atomic mass is 10.0. The van der Waals surface area contributed by atoms with Crippen LogP contribution in [-0.4, -0.2) is 42.8 Å². The second-order valence-electron chi connectivity index (χ2n) is 5.63. The second-order valence-corrected chi connectivity index (χ2v) is 5.63. The van der Waals surface area contributed by atoms with Gasteiger partial charge in [-0.3, -0.25) is 4.90 Å². The van der Waals surface area contributed by atoms with Crippen LogP contribution in [0.1, 0.15) is 27.2 Å². The molecule has 16 heavy (non-hydrogen) atoms. The molecule has 1 aliphatic rings. The average molecular weight is 238 g/mol. The van der Waals surface area contributed by atoms with Gasteiger partial charge in [0, 0.05) is 24.7 Å². The van der Waals surface area contributed by atoms with Gasteiger partial charge in [0.15, 0.2) is 0 Å². The van der Waals surface area contributed by atoms with Crippen LogP contribution in [0.5, 0.6) is 0 Å². The molecule has 1 N–H and O–H groups in total. The van der Waals surface area contributed by atoms with Crippen molar-refractivity contribution in [1.82, 2.24) is 10.2 Å². The molecular formula is C11H21F3N2. The lowest BCUT2D eigenvalue weighted by molar-refractivity contribution is -0.169. The van der Waals surface area contributed by atoms with E-state index < -0.39 is 12.1 Å². The lowest BCUT2D eigenvalue weighted by Gasteiger charge is -2.34. The van der Waals surface area contributed by atoms with Crippen molar-refractivity contribution in [3.8, 4) is 0 Å². The van der Waals surface area contributed by atoms with Gasteiger partial charge >= 0.3 is 6.18 Å². The Balaban J connectivity index is 2.43. The monoisotopic (exact) mass is 238 g/mol. The maximum atomic E-state index is 12.5. The highest BCUT2D eigenvalue weighted by atomic mass is 19.4. The van der Waals surface area contributed by atoms with Gasteiger partial charge in [-0.1, -0.05) is 0 Å². The molecule has 0 radical (unpaired) electrons. The predicted molar refractivity (Wildman–Crippen MR) is 58.3 cm³/mol. The first-order chi connectivity index (χ1) is 7.10. The van der Waals surface area contributed by atoms with Crippen molar-refractivity contribution in [3.63, 3.8) is 0 Å². The van der Waals surface area contributed by atoms with Crippen molar-refractivity contribution >= 4 is 0 Å². The number of likely N-dealkylation sites (N-methyl/N-ethyl adjacent to an activating group) is 1. The molecule has 0 bridgehead atoms. The Labute approximate surface area is 95.2 Å². The van der Waals surface area contributed by atoms with Crippen LogP contribution < -0.4 is 5.32 Å². The van der Waals surface area contributed by atoms with Crippen LogP contribution in [0.2, 0.25) is 0 Å². The Morgan fingerprint density at radius 1 is 1.25 bits per heavy atom. The summed E-state index contributed by atoms with van der Waals surface area (Å²) in [5.41, 5.74) is -0.00198. The Kier molecular flexibility index (Phi) is 3.90. The zero-order chi connectivity index (χ0) is 12.6. The molecule has 96 valence electrons. The maximum Gasteiger partial charge on any atom is 0.393 e. The van der Waals surface area contributed by atoms with E-state index in [0.717, 1.165) is 0 Å². The van der Waals surface area contributed by atoms with Crippen LogP contribution in [0.4, 0.5) is 13.2 Å². The first-order valence-electron chi connectivity index (χ1n) is 5.62. The minimum Gasteiger partial charge on any atom is -0.312 e. The van der Waals surface area contributed by atoms with Gasteiger partial charge in [0.05, 0.1) is 5.92 Å². The number of rotatable bonds is 2. The molecule has 0 saturated carbocycles. The molecule has 2 nitrogen and oxygen atoms in total.